The Balaban J connectivity index is 2.93. The van der Waals surface area contributed by atoms with Gasteiger partial charge in [-0.15, -0.1) is 0 Å². The van der Waals surface area contributed by atoms with Crippen LogP contribution in [0.25, 0.3) is 0 Å². The van der Waals surface area contributed by atoms with Crippen LogP contribution in [-0.2, 0) is 6.54 Å². The van der Waals surface area contributed by atoms with Crippen molar-refractivity contribution in [1.82, 2.24) is 4.90 Å². The fourth-order valence-corrected chi connectivity index (χ4v) is 1.92. The van der Waals surface area contributed by atoms with Gasteiger partial charge in [0.25, 0.3) is 5.69 Å². The summed E-state index contributed by atoms with van der Waals surface area (Å²) >= 11 is 0. The number of benzene rings is 1. The molecule has 0 aliphatic heterocycles. The van der Waals surface area contributed by atoms with Crippen molar-refractivity contribution in [2.45, 2.75) is 19.9 Å². The molecule has 0 radical (unpaired) electrons. The summed E-state index contributed by atoms with van der Waals surface area (Å²) in [6, 6.07) is 4.88. The van der Waals surface area contributed by atoms with Gasteiger partial charge in [-0.2, -0.15) is 0 Å². The molecule has 1 aromatic rings. The van der Waals surface area contributed by atoms with Gasteiger partial charge in [-0.1, -0.05) is 19.1 Å². The molecule has 7 heteroatoms. The maximum atomic E-state index is 10.9. The third-order valence-electron chi connectivity index (χ3n) is 2.94. The van der Waals surface area contributed by atoms with E-state index in [1.165, 1.54) is 6.07 Å². The number of nitro groups is 1. The van der Waals surface area contributed by atoms with E-state index in [2.05, 4.69) is 10.3 Å². The van der Waals surface area contributed by atoms with E-state index in [-0.39, 0.29) is 12.3 Å². The quantitative estimate of drug-likeness (QED) is 0.370. The summed E-state index contributed by atoms with van der Waals surface area (Å²) in [5, 5.41) is 19.8. The monoisotopic (exact) mass is 268 g/mol. The Kier molecular flexibility index (Phi) is 6.20. The van der Waals surface area contributed by atoms with Crippen LogP contribution >= 0.6 is 0 Å². The molecule has 0 fully saturated rings. The Morgan fingerprint density at radius 2 is 2.26 bits per heavy atom. The van der Waals surface area contributed by atoms with Crippen LogP contribution in [0.1, 0.15) is 18.9 Å². The lowest BCUT2D eigenvalue weighted by molar-refractivity contribution is -0.384. The maximum Gasteiger partial charge on any atom is 0.293 e. The predicted molar refractivity (Wildman–Crippen MR) is 73.6 cm³/mol. The second-order valence-electron chi connectivity index (χ2n) is 4.16. The molecule has 1 rings (SSSR count). The second kappa shape index (κ2) is 7.67. The molecule has 106 valence electrons. The van der Waals surface area contributed by atoms with Gasteiger partial charge in [-0.3, -0.25) is 20.9 Å². The van der Waals surface area contributed by atoms with Crippen LogP contribution in [0.4, 0.5) is 11.4 Å². The van der Waals surface area contributed by atoms with Crippen LogP contribution in [0, 0.1) is 10.1 Å². The van der Waals surface area contributed by atoms with Crippen molar-refractivity contribution < 1.29 is 10.0 Å². The fraction of sp³-hybridized carbons (Fsp3) is 0.500. The summed E-state index contributed by atoms with van der Waals surface area (Å²) in [4.78, 5) is 12.6. The predicted octanol–water partition coefficient (Wildman–Crippen LogP) is 1.08. The summed E-state index contributed by atoms with van der Waals surface area (Å²) in [5.41, 5.74) is 3.50. The lowest BCUT2D eigenvalue weighted by Gasteiger charge is -2.21. The van der Waals surface area contributed by atoms with Crippen molar-refractivity contribution in [3.05, 3.63) is 33.9 Å². The molecule has 0 saturated carbocycles. The molecule has 4 N–H and O–H groups in total. The van der Waals surface area contributed by atoms with Crippen molar-refractivity contribution in [2.24, 2.45) is 5.84 Å². The number of anilines is 1. The largest absolute Gasteiger partial charge is 0.396 e. The summed E-state index contributed by atoms with van der Waals surface area (Å²) in [6.45, 7) is 4.22. The molecule has 7 nitrogen and oxygen atoms in total. The Labute approximate surface area is 112 Å². The lowest BCUT2D eigenvalue weighted by Crippen LogP contribution is -2.25. The number of nitrogens with one attached hydrogen (secondary N) is 1. The highest BCUT2D eigenvalue weighted by Crippen LogP contribution is 2.28. The molecule has 0 aromatic heterocycles. The lowest BCUT2D eigenvalue weighted by atomic mass is 10.1. The van der Waals surface area contributed by atoms with Crippen molar-refractivity contribution >= 4 is 11.4 Å². The van der Waals surface area contributed by atoms with Gasteiger partial charge in [-0.25, -0.2) is 0 Å². The van der Waals surface area contributed by atoms with Gasteiger partial charge >= 0.3 is 0 Å². The van der Waals surface area contributed by atoms with Crippen molar-refractivity contribution in [3.8, 4) is 0 Å². The number of nitrogens with zero attached hydrogens (tertiary/aromatic N) is 2. The number of aliphatic hydroxyl groups is 1. The van der Waals surface area contributed by atoms with E-state index in [1.807, 2.05) is 13.0 Å². The minimum atomic E-state index is -0.456. The number of para-hydroxylation sites is 1. The first-order valence-corrected chi connectivity index (χ1v) is 6.20. The van der Waals surface area contributed by atoms with Crippen LogP contribution in [0.3, 0.4) is 0 Å². The van der Waals surface area contributed by atoms with E-state index >= 15 is 0 Å². The molecule has 0 amide bonds. The number of hydrogen-bond acceptors (Lipinski definition) is 6. The first kappa shape index (κ1) is 15.4. The summed E-state index contributed by atoms with van der Waals surface area (Å²) in [5.74, 6) is 5.39. The Morgan fingerprint density at radius 1 is 1.53 bits per heavy atom. The number of hydrazine groups is 1. The van der Waals surface area contributed by atoms with Crippen molar-refractivity contribution in [1.29, 1.82) is 0 Å². The SMILES string of the molecule is CCN(CCCO)Cc1cccc([N+](=O)[O-])c1NN. The standard InChI is InChI=1S/C12H20N4O3/c1-2-15(7-4-8-17)9-10-5-3-6-11(16(18)19)12(10)14-13/h3,5-6,14,17H,2,4,7-9,13H2,1H3. The first-order chi connectivity index (χ1) is 9.13. The average Bonchev–Trinajstić information content (AvgIpc) is 2.42. The van der Waals surface area contributed by atoms with E-state index in [1.54, 1.807) is 6.07 Å². The Hall–Kier alpha value is -1.70. The molecule has 0 saturated heterocycles. The molecular formula is C12H20N4O3. The van der Waals surface area contributed by atoms with Crippen LogP contribution in [0.2, 0.25) is 0 Å². The minimum absolute atomic E-state index is 0.0294. The number of rotatable bonds is 8. The average molecular weight is 268 g/mol. The number of nitrogen functional groups attached to an aromatic ring is 1. The molecule has 1 aromatic carbocycles. The zero-order valence-corrected chi connectivity index (χ0v) is 11.0. The van der Waals surface area contributed by atoms with Crippen LogP contribution in [-0.4, -0.2) is 34.6 Å². The third-order valence-corrected chi connectivity index (χ3v) is 2.94. The highest BCUT2D eigenvalue weighted by molar-refractivity contribution is 5.65. The van der Waals surface area contributed by atoms with Crippen LogP contribution in [0.5, 0.6) is 0 Å². The zero-order chi connectivity index (χ0) is 14.3. The maximum absolute atomic E-state index is 10.9. The van der Waals surface area contributed by atoms with Gasteiger partial charge in [0.15, 0.2) is 0 Å². The van der Waals surface area contributed by atoms with Gasteiger partial charge < -0.3 is 10.5 Å². The van der Waals surface area contributed by atoms with E-state index in [0.717, 1.165) is 18.7 Å². The van der Waals surface area contributed by atoms with Gasteiger partial charge in [0.2, 0.25) is 0 Å². The smallest absolute Gasteiger partial charge is 0.293 e. The van der Waals surface area contributed by atoms with Crippen LogP contribution < -0.4 is 11.3 Å². The highest BCUT2D eigenvalue weighted by atomic mass is 16.6. The molecule has 0 atom stereocenters. The molecule has 19 heavy (non-hydrogen) atoms. The molecule has 0 unspecified atom stereocenters. The van der Waals surface area contributed by atoms with Gasteiger partial charge in [0, 0.05) is 25.8 Å². The first-order valence-electron chi connectivity index (χ1n) is 6.20. The molecule has 0 heterocycles. The fourth-order valence-electron chi connectivity index (χ4n) is 1.92. The number of aliphatic hydroxyl groups excluding tert-OH is 1. The van der Waals surface area contributed by atoms with Crippen molar-refractivity contribution in [3.63, 3.8) is 0 Å². The highest BCUT2D eigenvalue weighted by Gasteiger charge is 2.17. The number of hydrogen-bond donors (Lipinski definition) is 3. The molecule has 0 aliphatic carbocycles. The summed E-state index contributed by atoms with van der Waals surface area (Å²) < 4.78 is 0. The van der Waals surface area contributed by atoms with Gasteiger partial charge in [0.1, 0.15) is 5.69 Å². The molecule has 0 bridgehead atoms. The Bertz CT molecular complexity index is 425. The van der Waals surface area contributed by atoms with Gasteiger partial charge in [-0.05, 0) is 18.5 Å². The van der Waals surface area contributed by atoms with Crippen LogP contribution in [0.15, 0.2) is 18.2 Å². The second-order valence-corrected chi connectivity index (χ2v) is 4.16. The Morgan fingerprint density at radius 3 is 2.79 bits per heavy atom. The summed E-state index contributed by atoms with van der Waals surface area (Å²) in [6.07, 6.45) is 0.675. The molecular weight excluding hydrogens is 248 g/mol. The number of nitrogens with two attached hydrogens (primary N) is 1. The molecule has 0 spiro atoms. The van der Waals surface area contributed by atoms with E-state index in [9.17, 15) is 10.1 Å². The topological polar surface area (TPSA) is 105 Å². The van der Waals surface area contributed by atoms with Crippen molar-refractivity contribution in [2.75, 3.05) is 25.1 Å². The number of nitro benzene ring substituents is 1. The summed E-state index contributed by atoms with van der Waals surface area (Å²) in [7, 11) is 0. The zero-order valence-electron chi connectivity index (χ0n) is 11.0. The van der Waals surface area contributed by atoms with Gasteiger partial charge in [0.05, 0.1) is 4.92 Å². The normalized spacial score (nSPS) is 10.7. The third kappa shape index (κ3) is 4.16. The minimum Gasteiger partial charge on any atom is -0.396 e. The van der Waals surface area contributed by atoms with E-state index < -0.39 is 4.92 Å². The van der Waals surface area contributed by atoms with E-state index in [0.29, 0.717) is 18.7 Å². The molecule has 0 aliphatic rings. The van der Waals surface area contributed by atoms with E-state index in [4.69, 9.17) is 10.9 Å².